The van der Waals surface area contributed by atoms with Crippen molar-refractivity contribution in [1.29, 1.82) is 0 Å². The van der Waals surface area contributed by atoms with Gasteiger partial charge in [-0.05, 0) is 43.6 Å². The van der Waals surface area contributed by atoms with Crippen LogP contribution in [0.4, 0.5) is 0 Å². The molecule has 1 aliphatic rings. The van der Waals surface area contributed by atoms with E-state index in [1.54, 1.807) is 18.4 Å². The third-order valence-corrected chi connectivity index (χ3v) is 5.03. The van der Waals surface area contributed by atoms with Crippen LogP contribution in [-0.2, 0) is 24.3 Å². The molecule has 2 aromatic rings. The molecule has 3 rings (SSSR count). The van der Waals surface area contributed by atoms with Crippen LogP contribution in [0, 0.1) is 0 Å². The molecule has 0 radical (unpaired) electrons. The summed E-state index contributed by atoms with van der Waals surface area (Å²) in [6, 6.07) is 7.70. The Morgan fingerprint density at radius 3 is 2.75 bits per heavy atom. The Morgan fingerprint density at radius 1 is 1.29 bits per heavy atom. The zero-order valence-corrected chi connectivity index (χ0v) is 14.8. The van der Waals surface area contributed by atoms with Crippen LogP contribution in [0.2, 0.25) is 0 Å². The minimum Gasteiger partial charge on any atom is -0.497 e. The molecule has 1 aromatic heterocycles. The zero-order chi connectivity index (χ0) is 16.8. The molecule has 24 heavy (non-hydrogen) atoms. The average molecular weight is 345 g/mol. The minimum atomic E-state index is 0.00356. The van der Waals surface area contributed by atoms with Gasteiger partial charge in [0.25, 0.3) is 0 Å². The van der Waals surface area contributed by atoms with Crippen LogP contribution in [0.25, 0.3) is 0 Å². The van der Waals surface area contributed by atoms with Crippen molar-refractivity contribution in [1.82, 2.24) is 15.2 Å². The number of carbonyl (C=O) groups excluding carboxylic acids is 1. The smallest absolute Gasteiger partial charge is 0.226 e. The number of aromatic nitrogens is 1. The Bertz CT molecular complexity index is 663. The average Bonchev–Trinajstić information content (AvgIpc) is 3.26. The van der Waals surface area contributed by atoms with Crippen LogP contribution in [0.15, 0.2) is 29.6 Å². The van der Waals surface area contributed by atoms with Gasteiger partial charge in [-0.3, -0.25) is 9.69 Å². The molecule has 5 nitrogen and oxygen atoms in total. The van der Waals surface area contributed by atoms with Crippen LogP contribution < -0.4 is 10.1 Å². The number of ether oxygens (including phenoxy) is 1. The third kappa shape index (κ3) is 4.79. The summed E-state index contributed by atoms with van der Waals surface area (Å²) >= 11 is 1.65. The number of rotatable bonds is 7. The summed E-state index contributed by atoms with van der Waals surface area (Å²) in [7, 11) is 1.64. The summed E-state index contributed by atoms with van der Waals surface area (Å²) in [5.41, 5.74) is 1.92. The van der Waals surface area contributed by atoms with E-state index in [0.29, 0.717) is 13.0 Å². The van der Waals surface area contributed by atoms with Gasteiger partial charge in [0, 0.05) is 11.9 Å². The van der Waals surface area contributed by atoms with Crippen molar-refractivity contribution < 1.29 is 9.53 Å². The maximum Gasteiger partial charge on any atom is 0.226 e. The first-order valence-corrected chi connectivity index (χ1v) is 9.16. The maximum atomic E-state index is 12.1. The molecule has 1 N–H and O–H groups in total. The van der Waals surface area contributed by atoms with Crippen molar-refractivity contribution in [3.8, 4) is 5.75 Å². The van der Waals surface area contributed by atoms with Crippen molar-refractivity contribution in [2.45, 2.75) is 32.4 Å². The molecular weight excluding hydrogens is 322 g/mol. The van der Waals surface area contributed by atoms with Crippen LogP contribution in [0.3, 0.4) is 0 Å². The van der Waals surface area contributed by atoms with Gasteiger partial charge in [0.2, 0.25) is 5.91 Å². The number of hydrogen-bond donors (Lipinski definition) is 1. The highest BCUT2D eigenvalue weighted by molar-refractivity contribution is 7.09. The number of methoxy groups -OCH3 is 1. The Balaban J connectivity index is 1.45. The van der Waals surface area contributed by atoms with E-state index in [9.17, 15) is 4.79 Å². The van der Waals surface area contributed by atoms with Crippen LogP contribution >= 0.6 is 11.3 Å². The molecule has 128 valence electrons. The predicted molar refractivity (Wildman–Crippen MR) is 95.2 cm³/mol. The van der Waals surface area contributed by atoms with Gasteiger partial charge in [-0.15, -0.1) is 11.3 Å². The second-order valence-electron chi connectivity index (χ2n) is 6.02. The summed E-state index contributed by atoms with van der Waals surface area (Å²) < 4.78 is 5.13. The maximum absolute atomic E-state index is 12.1. The largest absolute Gasteiger partial charge is 0.497 e. The van der Waals surface area contributed by atoms with E-state index in [1.165, 1.54) is 12.8 Å². The SMILES string of the molecule is COc1ccc(CNC(=O)Cc2csc(CN3CCCC3)n2)cc1. The van der Waals surface area contributed by atoms with Gasteiger partial charge >= 0.3 is 0 Å². The molecule has 0 unspecified atom stereocenters. The van der Waals surface area contributed by atoms with E-state index in [2.05, 4.69) is 15.2 Å². The molecule has 0 bridgehead atoms. The first-order valence-electron chi connectivity index (χ1n) is 8.28. The number of amides is 1. The lowest BCUT2D eigenvalue weighted by Crippen LogP contribution is -2.24. The van der Waals surface area contributed by atoms with Crippen LogP contribution in [0.5, 0.6) is 5.75 Å². The van der Waals surface area contributed by atoms with Gasteiger partial charge in [-0.2, -0.15) is 0 Å². The summed E-state index contributed by atoms with van der Waals surface area (Å²) in [4.78, 5) is 19.1. The van der Waals surface area contributed by atoms with E-state index in [-0.39, 0.29) is 5.91 Å². The number of hydrogen-bond acceptors (Lipinski definition) is 5. The zero-order valence-electron chi connectivity index (χ0n) is 14.0. The van der Waals surface area contributed by atoms with Crippen molar-refractivity contribution in [3.63, 3.8) is 0 Å². The molecule has 1 fully saturated rings. The van der Waals surface area contributed by atoms with Gasteiger partial charge in [-0.1, -0.05) is 12.1 Å². The number of nitrogens with one attached hydrogen (secondary N) is 1. The molecule has 6 heteroatoms. The Hall–Kier alpha value is -1.92. The number of likely N-dealkylation sites (tertiary alicyclic amines) is 1. The molecule has 0 atom stereocenters. The van der Waals surface area contributed by atoms with Crippen LogP contribution in [0.1, 0.15) is 29.1 Å². The summed E-state index contributed by atoms with van der Waals surface area (Å²) in [5.74, 6) is 0.821. The topological polar surface area (TPSA) is 54.5 Å². The molecule has 0 aliphatic carbocycles. The molecule has 1 aromatic carbocycles. The minimum absolute atomic E-state index is 0.00356. The van der Waals surface area contributed by atoms with Crippen molar-refractivity contribution in [3.05, 3.63) is 45.9 Å². The van der Waals surface area contributed by atoms with Gasteiger partial charge in [0.15, 0.2) is 0 Å². The molecule has 0 spiro atoms. The van der Waals surface area contributed by atoms with E-state index < -0.39 is 0 Å². The Kier molecular flexibility index (Phi) is 5.82. The number of benzene rings is 1. The normalized spacial score (nSPS) is 14.7. The summed E-state index contributed by atoms with van der Waals surface area (Å²) in [6.07, 6.45) is 2.91. The lowest BCUT2D eigenvalue weighted by atomic mass is 10.2. The Morgan fingerprint density at radius 2 is 2.04 bits per heavy atom. The highest BCUT2D eigenvalue weighted by Crippen LogP contribution is 2.16. The predicted octanol–water partition coefficient (Wildman–Crippen LogP) is 2.61. The first kappa shape index (κ1) is 16.9. The van der Waals surface area contributed by atoms with Gasteiger partial charge in [0.1, 0.15) is 10.8 Å². The molecule has 1 amide bonds. The monoisotopic (exact) mass is 345 g/mol. The Labute approximate surface area is 146 Å². The van der Waals surface area contributed by atoms with Gasteiger partial charge in [-0.25, -0.2) is 4.98 Å². The fourth-order valence-corrected chi connectivity index (χ4v) is 3.64. The van der Waals surface area contributed by atoms with Crippen molar-refractivity contribution >= 4 is 17.2 Å². The fourth-order valence-electron chi connectivity index (χ4n) is 2.81. The van der Waals surface area contributed by atoms with E-state index in [1.807, 2.05) is 29.6 Å². The number of carbonyl (C=O) groups is 1. The standard InChI is InChI=1S/C18H23N3O2S/c1-23-16-6-4-14(5-7-16)11-19-17(22)10-15-13-24-18(20-15)12-21-8-2-3-9-21/h4-7,13H,2-3,8-12H2,1H3,(H,19,22). The lowest BCUT2D eigenvalue weighted by Gasteiger charge is -2.11. The van der Waals surface area contributed by atoms with Crippen LogP contribution in [-0.4, -0.2) is 36.0 Å². The number of nitrogens with zero attached hydrogens (tertiary/aromatic N) is 2. The van der Waals surface area contributed by atoms with Gasteiger partial charge < -0.3 is 10.1 Å². The second-order valence-corrected chi connectivity index (χ2v) is 6.96. The number of thiazole rings is 1. The molecule has 1 saturated heterocycles. The summed E-state index contributed by atoms with van der Waals surface area (Å²) in [6.45, 7) is 3.76. The second kappa shape index (κ2) is 8.26. The molecule has 2 heterocycles. The third-order valence-electron chi connectivity index (χ3n) is 4.15. The van der Waals surface area contributed by atoms with E-state index in [4.69, 9.17) is 4.74 Å². The highest BCUT2D eigenvalue weighted by Gasteiger charge is 2.14. The highest BCUT2D eigenvalue weighted by atomic mass is 32.1. The van der Waals surface area contributed by atoms with E-state index in [0.717, 1.165) is 41.6 Å². The quantitative estimate of drug-likeness (QED) is 0.838. The van der Waals surface area contributed by atoms with Crippen molar-refractivity contribution in [2.75, 3.05) is 20.2 Å². The van der Waals surface area contributed by atoms with E-state index >= 15 is 0 Å². The molecular formula is C18H23N3O2S. The first-order chi connectivity index (χ1) is 11.7. The molecule has 1 aliphatic heterocycles. The van der Waals surface area contributed by atoms with Crippen molar-refractivity contribution in [2.24, 2.45) is 0 Å². The molecule has 0 saturated carbocycles. The fraction of sp³-hybridized carbons (Fsp3) is 0.444. The summed E-state index contributed by atoms with van der Waals surface area (Å²) in [5, 5.41) is 6.05. The lowest BCUT2D eigenvalue weighted by molar-refractivity contribution is -0.120. The van der Waals surface area contributed by atoms with Gasteiger partial charge in [0.05, 0.1) is 25.8 Å².